The standard InChI is InChI=1S/C62H120NO8P/c1-6-8-10-12-14-16-17-18-19-20-21-22-23-24-25-26-27-28-29-30-31-32-33-34-35-36-37-38-39-40-41-42-43-44-45-47-49-51-53-55-62(65)71-60(59-70-72(66,67)69-57-56-63(3,4)5)58-68-61(64)54-52-50-48-46-15-13-11-9-7-2/h17-18,20-21,60H,6-16,19,22-59H2,1-5H3/p+1/b18-17-,21-20-. The highest BCUT2D eigenvalue weighted by Crippen LogP contribution is 2.43. The molecule has 0 fully saturated rings. The van der Waals surface area contributed by atoms with Crippen molar-refractivity contribution in [3.8, 4) is 0 Å². The Hall–Kier alpha value is -1.51. The Balaban J connectivity index is 3.79. The first kappa shape index (κ1) is 70.5. The fourth-order valence-electron chi connectivity index (χ4n) is 9.17. The number of esters is 2. The van der Waals surface area contributed by atoms with Gasteiger partial charge in [0.15, 0.2) is 6.10 Å². The van der Waals surface area contributed by atoms with E-state index in [1.54, 1.807) is 0 Å². The molecule has 0 aliphatic heterocycles. The van der Waals surface area contributed by atoms with Crippen molar-refractivity contribution in [3.63, 3.8) is 0 Å². The van der Waals surface area contributed by atoms with Crippen LogP contribution in [0.15, 0.2) is 24.3 Å². The van der Waals surface area contributed by atoms with Crippen molar-refractivity contribution in [1.82, 2.24) is 0 Å². The van der Waals surface area contributed by atoms with Crippen LogP contribution >= 0.6 is 7.82 Å². The summed E-state index contributed by atoms with van der Waals surface area (Å²) in [5, 5.41) is 0. The van der Waals surface area contributed by atoms with Gasteiger partial charge in [0.2, 0.25) is 0 Å². The van der Waals surface area contributed by atoms with Crippen LogP contribution in [0, 0.1) is 0 Å². The number of hydrogen-bond donors (Lipinski definition) is 1. The van der Waals surface area contributed by atoms with Gasteiger partial charge in [0.05, 0.1) is 27.7 Å². The van der Waals surface area contributed by atoms with Crippen LogP contribution in [0.3, 0.4) is 0 Å². The minimum Gasteiger partial charge on any atom is -0.462 e. The number of phosphoric ester groups is 1. The number of carbonyl (C=O) groups is 2. The first-order valence-electron chi connectivity index (χ1n) is 31.1. The van der Waals surface area contributed by atoms with Crippen LogP contribution in [0.25, 0.3) is 0 Å². The molecule has 0 aromatic carbocycles. The summed E-state index contributed by atoms with van der Waals surface area (Å²) in [7, 11) is 1.49. The minimum absolute atomic E-state index is 0.0357. The van der Waals surface area contributed by atoms with E-state index >= 15 is 0 Å². The number of quaternary nitrogens is 1. The molecule has 0 amide bonds. The Morgan fingerprint density at radius 1 is 0.431 bits per heavy atom. The summed E-state index contributed by atoms with van der Waals surface area (Å²) in [6, 6.07) is 0. The highest BCUT2D eigenvalue weighted by Gasteiger charge is 2.27. The molecule has 9 nitrogen and oxygen atoms in total. The summed E-state index contributed by atoms with van der Waals surface area (Å²) in [5.41, 5.74) is 0. The molecule has 2 atom stereocenters. The van der Waals surface area contributed by atoms with Crippen molar-refractivity contribution in [2.45, 2.75) is 315 Å². The van der Waals surface area contributed by atoms with E-state index in [-0.39, 0.29) is 25.6 Å². The summed E-state index contributed by atoms with van der Waals surface area (Å²) < 4.78 is 34.4. The van der Waals surface area contributed by atoms with E-state index in [4.69, 9.17) is 18.5 Å². The van der Waals surface area contributed by atoms with Gasteiger partial charge in [-0.3, -0.25) is 18.6 Å². The van der Waals surface area contributed by atoms with Crippen LogP contribution in [0.2, 0.25) is 0 Å². The molecule has 0 saturated heterocycles. The van der Waals surface area contributed by atoms with E-state index in [9.17, 15) is 19.0 Å². The van der Waals surface area contributed by atoms with E-state index in [1.807, 2.05) is 21.1 Å². The average molecular weight is 1040 g/mol. The second-order valence-corrected chi connectivity index (χ2v) is 23.9. The van der Waals surface area contributed by atoms with Crippen molar-refractivity contribution >= 4 is 19.8 Å². The Bertz CT molecular complexity index is 1270. The summed E-state index contributed by atoms with van der Waals surface area (Å²) >= 11 is 0. The van der Waals surface area contributed by atoms with Crippen molar-refractivity contribution in [2.24, 2.45) is 0 Å². The maximum absolute atomic E-state index is 12.8. The van der Waals surface area contributed by atoms with E-state index in [1.165, 1.54) is 238 Å². The number of carbonyl (C=O) groups excluding carboxylic acids is 2. The molecule has 0 saturated carbocycles. The van der Waals surface area contributed by atoms with E-state index in [0.717, 1.165) is 44.9 Å². The van der Waals surface area contributed by atoms with E-state index < -0.39 is 26.5 Å². The largest absolute Gasteiger partial charge is 0.472 e. The van der Waals surface area contributed by atoms with Crippen LogP contribution in [0.5, 0.6) is 0 Å². The van der Waals surface area contributed by atoms with Crippen molar-refractivity contribution < 1.29 is 42.1 Å². The quantitative estimate of drug-likeness (QED) is 0.0211. The molecule has 0 radical (unpaired) electrons. The normalized spacial score (nSPS) is 13.4. The van der Waals surface area contributed by atoms with Crippen LogP contribution in [-0.2, 0) is 32.7 Å². The minimum atomic E-state index is -4.37. The zero-order valence-electron chi connectivity index (χ0n) is 48.4. The highest BCUT2D eigenvalue weighted by molar-refractivity contribution is 7.47. The van der Waals surface area contributed by atoms with E-state index in [2.05, 4.69) is 38.2 Å². The van der Waals surface area contributed by atoms with Gasteiger partial charge >= 0.3 is 19.8 Å². The van der Waals surface area contributed by atoms with Gasteiger partial charge in [-0.2, -0.15) is 0 Å². The van der Waals surface area contributed by atoms with Crippen LogP contribution in [0.4, 0.5) is 0 Å². The van der Waals surface area contributed by atoms with Gasteiger partial charge in [-0.15, -0.1) is 0 Å². The number of unbranched alkanes of at least 4 members (excludes halogenated alkanes) is 40. The number of ether oxygens (including phenoxy) is 2. The number of rotatable bonds is 58. The maximum Gasteiger partial charge on any atom is 0.472 e. The molecular weight excluding hydrogens is 918 g/mol. The smallest absolute Gasteiger partial charge is 0.462 e. The zero-order chi connectivity index (χ0) is 52.7. The number of hydrogen-bond acceptors (Lipinski definition) is 7. The van der Waals surface area contributed by atoms with Gasteiger partial charge in [-0.05, 0) is 44.9 Å². The third-order valence-electron chi connectivity index (χ3n) is 14.0. The number of allylic oxidation sites excluding steroid dienone is 4. The molecule has 2 unspecified atom stereocenters. The molecule has 0 bridgehead atoms. The molecule has 0 aromatic heterocycles. The summed E-state index contributed by atoms with van der Waals surface area (Å²) in [4.78, 5) is 35.5. The third kappa shape index (κ3) is 57.8. The molecule has 0 aliphatic rings. The fraction of sp³-hybridized carbons (Fsp3) is 0.903. The molecular formula is C62H121NO8P+. The second kappa shape index (κ2) is 54.3. The monoisotopic (exact) mass is 1040 g/mol. The first-order valence-corrected chi connectivity index (χ1v) is 32.6. The molecule has 10 heteroatoms. The second-order valence-electron chi connectivity index (χ2n) is 22.5. The van der Waals surface area contributed by atoms with Gasteiger partial charge in [0, 0.05) is 12.8 Å². The van der Waals surface area contributed by atoms with Crippen molar-refractivity contribution in [3.05, 3.63) is 24.3 Å². The first-order chi connectivity index (χ1) is 35.0. The predicted molar refractivity (Wildman–Crippen MR) is 307 cm³/mol. The molecule has 0 heterocycles. The van der Waals surface area contributed by atoms with Gasteiger partial charge < -0.3 is 18.9 Å². The Labute approximate surface area is 447 Å². The molecule has 426 valence electrons. The van der Waals surface area contributed by atoms with Crippen LogP contribution in [-0.4, -0.2) is 74.9 Å². The maximum atomic E-state index is 12.8. The van der Waals surface area contributed by atoms with Gasteiger partial charge in [-0.1, -0.05) is 276 Å². The van der Waals surface area contributed by atoms with Gasteiger partial charge in [0.1, 0.15) is 19.8 Å². The summed E-state index contributed by atoms with van der Waals surface area (Å²) in [5.74, 6) is -0.784. The number of likely N-dealkylation sites (N-methyl/N-ethyl adjacent to an activating group) is 1. The van der Waals surface area contributed by atoms with Crippen LogP contribution in [0.1, 0.15) is 309 Å². The molecule has 1 N–H and O–H groups in total. The van der Waals surface area contributed by atoms with Crippen LogP contribution < -0.4 is 0 Å². The summed E-state index contributed by atoms with van der Waals surface area (Å²) in [6.07, 6.45) is 65.9. The fourth-order valence-corrected chi connectivity index (χ4v) is 9.91. The van der Waals surface area contributed by atoms with Gasteiger partial charge in [-0.25, -0.2) is 4.57 Å². The topological polar surface area (TPSA) is 108 Å². The highest BCUT2D eigenvalue weighted by atomic mass is 31.2. The summed E-state index contributed by atoms with van der Waals surface area (Å²) in [6.45, 7) is 4.44. The van der Waals surface area contributed by atoms with Gasteiger partial charge in [0.25, 0.3) is 0 Å². The molecule has 0 rings (SSSR count). The van der Waals surface area contributed by atoms with E-state index in [0.29, 0.717) is 17.4 Å². The number of nitrogens with zero attached hydrogens (tertiary/aromatic N) is 1. The molecule has 0 aliphatic carbocycles. The number of phosphoric acid groups is 1. The molecule has 0 spiro atoms. The zero-order valence-corrected chi connectivity index (χ0v) is 49.3. The lowest BCUT2D eigenvalue weighted by atomic mass is 10.0. The van der Waals surface area contributed by atoms with Crippen molar-refractivity contribution in [1.29, 1.82) is 0 Å². The molecule has 0 aromatic rings. The lowest BCUT2D eigenvalue weighted by Gasteiger charge is -2.24. The van der Waals surface area contributed by atoms with Crippen molar-refractivity contribution in [2.75, 3.05) is 47.5 Å². The Morgan fingerprint density at radius 3 is 1.10 bits per heavy atom. The Kier molecular flexibility index (Phi) is 53.1. The lowest BCUT2D eigenvalue weighted by Crippen LogP contribution is -2.37. The predicted octanol–water partition coefficient (Wildman–Crippen LogP) is 19.4. The molecule has 72 heavy (non-hydrogen) atoms. The Morgan fingerprint density at radius 2 is 0.750 bits per heavy atom. The average Bonchev–Trinajstić information content (AvgIpc) is 3.34. The SMILES string of the molecule is CCCCCCC/C=C\C/C=C\CCCCCCCCCCCCCCCCCCCCCCCCCCCCCC(=O)OC(COC(=O)CCCCCCCCCCC)COP(=O)(O)OCC[N+](C)(C)C. The third-order valence-corrected chi connectivity index (χ3v) is 15.0. The lowest BCUT2D eigenvalue weighted by molar-refractivity contribution is -0.870.